The first-order chi connectivity index (χ1) is 14.1. The van der Waals surface area contributed by atoms with Gasteiger partial charge in [-0.25, -0.2) is 8.42 Å². The van der Waals surface area contributed by atoms with Gasteiger partial charge >= 0.3 is 0 Å². The van der Waals surface area contributed by atoms with Crippen LogP contribution < -0.4 is 5.32 Å². The molecular weight excluding hydrogens is 460 g/mol. The Kier molecular flexibility index (Phi) is 7.66. The first-order valence-electron chi connectivity index (χ1n) is 10.1. The summed E-state index contributed by atoms with van der Waals surface area (Å²) < 4.78 is 24.8. The van der Waals surface area contributed by atoms with Crippen LogP contribution in [0.25, 0.3) is 0 Å². The van der Waals surface area contributed by atoms with E-state index in [9.17, 15) is 13.2 Å². The smallest absolute Gasteiger partial charge is 0.263 e. The second-order valence-corrected chi connectivity index (χ2v) is 13.1. The summed E-state index contributed by atoms with van der Waals surface area (Å²) in [5, 5.41) is 6.14. The fourth-order valence-corrected chi connectivity index (χ4v) is 8.13. The highest BCUT2D eigenvalue weighted by Crippen LogP contribution is 2.39. The van der Waals surface area contributed by atoms with Crippen molar-refractivity contribution in [2.24, 2.45) is 5.92 Å². The van der Waals surface area contributed by atoms with Crippen molar-refractivity contribution in [1.29, 1.82) is 0 Å². The topological polar surface area (TPSA) is 66.5 Å². The van der Waals surface area contributed by atoms with Crippen LogP contribution in [0.15, 0.2) is 27.8 Å². The Hall–Kier alpha value is -0.930. The summed E-state index contributed by atoms with van der Waals surface area (Å²) in [6.07, 6.45) is 3.90. The summed E-state index contributed by atoms with van der Waals surface area (Å²) in [7, 11) is 0.745. The van der Waals surface area contributed by atoms with E-state index in [1.807, 2.05) is 0 Å². The fraction of sp³-hybridized carbons (Fsp3) is 0.571. The van der Waals surface area contributed by atoms with Crippen molar-refractivity contribution < 1.29 is 13.2 Å². The molecule has 30 heavy (non-hydrogen) atoms. The van der Waals surface area contributed by atoms with Crippen LogP contribution in [0.5, 0.6) is 0 Å². The van der Waals surface area contributed by atoms with Crippen molar-refractivity contribution in [3.8, 4) is 0 Å². The molecule has 166 valence electrons. The molecule has 1 atom stereocenters. The number of halogens is 1. The molecule has 1 aliphatic rings. The van der Waals surface area contributed by atoms with E-state index in [-0.39, 0.29) is 26.7 Å². The maximum atomic E-state index is 12.8. The van der Waals surface area contributed by atoms with Gasteiger partial charge in [-0.05, 0) is 71.0 Å². The Balaban J connectivity index is 1.63. The van der Waals surface area contributed by atoms with E-state index in [0.29, 0.717) is 12.0 Å². The van der Waals surface area contributed by atoms with Crippen LogP contribution in [-0.2, 0) is 9.84 Å². The zero-order chi connectivity index (χ0) is 22.1. The van der Waals surface area contributed by atoms with Crippen LogP contribution in [0.2, 0.25) is 5.02 Å². The minimum Gasteiger partial charge on any atom is -0.349 e. The molecule has 2 aromatic rings. The largest absolute Gasteiger partial charge is 0.349 e. The number of nitrogens with one attached hydrogen (secondary N) is 1. The molecule has 0 bridgehead atoms. The third kappa shape index (κ3) is 4.93. The number of carbonyl (C=O) groups excluding carboxylic acids is 1. The molecule has 2 heterocycles. The second-order valence-electron chi connectivity index (χ2n) is 8.35. The zero-order valence-electron chi connectivity index (χ0n) is 17.7. The van der Waals surface area contributed by atoms with Gasteiger partial charge in [0.05, 0.1) is 15.2 Å². The summed E-state index contributed by atoms with van der Waals surface area (Å²) in [5.41, 5.74) is 0. The molecule has 0 spiro atoms. The Morgan fingerprint density at radius 2 is 1.87 bits per heavy atom. The predicted molar refractivity (Wildman–Crippen MR) is 126 cm³/mol. The van der Waals surface area contributed by atoms with Crippen LogP contribution in [0.3, 0.4) is 0 Å². The monoisotopic (exact) mass is 488 g/mol. The lowest BCUT2D eigenvalue weighted by Crippen LogP contribution is -2.39. The molecule has 1 saturated carbocycles. The van der Waals surface area contributed by atoms with Crippen LogP contribution in [-0.4, -0.2) is 44.6 Å². The molecule has 1 N–H and O–H groups in total. The van der Waals surface area contributed by atoms with Gasteiger partial charge in [-0.2, -0.15) is 0 Å². The van der Waals surface area contributed by atoms with Crippen molar-refractivity contribution in [3.63, 3.8) is 0 Å². The number of thiophene rings is 2. The van der Waals surface area contributed by atoms with Gasteiger partial charge in [0.15, 0.2) is 9.84 Å². The molecule has 3 rings (SSSR count). The average molecular weight is 489 g/mol. The SMILES string of the molecule is CC(C)S(=O)(=O)c1csc(C(=O)NC2CCC(C(c3cccs3)N(C)C)CC2)c1Cl. The van der Waals surface area contributed by atoms with E-state index in [1.54, 1.807) is 25.2 Å². The lowest BCUT2D eigenvalue weighted by atomic mass is 9.80. The van der Waals surface area contributed by atoms with Gasteiger partial charge in [0, 0.05) is 22.3 Å². The predicted octanol–water partition coefficient (Wildman–Crippen LogP) is 5.24. The fourth-order valence-electron chi connectivity index (χ4n) is 4.13. The molecule has 0 saturated heterocycles. The minimum atomic E-state index is -3.51. The first kappa shape index (κ1) is 23.7. The van der Waals surface area contributed by atoms with Gasteiger partial charge in [-0.3, -0.25) is 4.79 Å². The average Bonchev–Trinajstić information content (AvgIpc) is 3.33. The van der Waals surface area contributed by atoms with Crippen molar-refractivity contribution in [1.82, 2.24) is 10.2 Å². The number of amides is 1. The van der Waals surface area contributed by atoms with Crippen LogP contribution in [0.4, 0.5) is 0 Å². The molecule has 5 nitrogen and oxygen atoms in total. The van der Waals surface area contributed by atoms with Crippen LogP contribution in [0.1, 0.15) is 60.1 Å². The zero-order valence-corrected chi connectivity index (χ0v) is 20.9. The summed E-state index contributed by atoms with van der Waals surface area (Å²) in [6.45, 7) is 3.22. The van der Waals surface area contributed by atoms with Gasteiger partial charge < -0.3 is 10.2 Å². The van der Waals surface area contributed by atoms with Crippen molar-refractivity contribution in [2.45, 2.75) is 61.8 Å². The van der Waals surface area contributed by atoms with E-state index in [2.05, 4.69) is 41.8 Å². The van der Waals surface area contributed by atoms with Crippen molar-refractivity contribution in [2.75, 3.05) is 14.1 Å². The molecule has 0 aromatic carbocycles. The molecular formula is C21H29ClN2O3S3. The normalized spacial score (nSPS) is 21.2. The summed E-state index contributed by atoms with van der Waals surface area (Å²) >= 11 is 9.18. The standard InChI is InChI=1S/C21H29ClN2O3S3/c1-13(2)30(26,27)17-12-29-20(18(17)22)21(25)23-15-9-7-14(8-10-15)19(24(3)4)16-6-5-11-28-16/h5-6,11-15,19H,7-10H2,1-4H3,(H,23,25). The van der Waals surface area contributed by atoms with E-state index < -0.39 is 15.1 Å². The molecule has 1 amide bonds. The van der Waals surface area contributed by atoms with E-state index >= 15 is 0 Å². The maximum Gasteiger partial charge on any atom is 0.263 e. The highest BCUT2D eigenvalue weighted by molar-refractivity contribution is 7.92. The third-order valence-corrected chi connectivity index (χ3v) is 10.6. The van der Waals surface area contributed by atoms with Crippen molar-refractivity contribution in [3.05, 3.63) is 37.7 Å². The summed E-state index contributed by atoms with van der Waals surface area (Å²) in [6, 6.07) is 4.78. The van der Waals surface area contributed by atoms with Crippen LogP contribution in [0, 0.1) is 5.92 Å². The van der Waals surface area contributed by atoms with Gasteiger partial charge in [0.2, 0.25) is 0 Å². The molecule has 1 fully saturated rings. The molecule has 9 heteroatoms. The summed E-state index contributed by atoms with van der Waals surface area (Å²) in [5.74, 6) is 0.279. The Morgan fingerprint density at radius 1 is 1.20 bits per heavy atom. The lowest BCUT2D eigenvalue weighted by molar-refractivity contribution is 0.0911. The molecule has 1 unspecified atom stereocenters. The highest BCUT2D eigenvalue weighted by atomic mass is 35.5. The number of carbonyl (C=O) groups is 1. The number of nitrogens with zero attached hydrogens (tertiary/aromatic N) is 1. The van der Waals surface area contributed by atoms with Crippen molar-refractivity contribution >= 4 is 50.0 Å². The van der Waals surface area contributed by atoms with Gasteiger partial charge in [-0.1, -0.05) is 17.7 Å². The third-order valence-electron chi connectivity index (χ3n) is 5.78. The number of hydrogen-bond acceptors (Lipinski definition) is 6. The number of sulfone groups is 1. The highest BCUT2D eigenvalue weighted by Gasteiger charge is 2.32. The molecule has 0 radical (unpaired) electrons. The van der Waals surface area contributed by atoms with Gasteiger partial charge in [0.1, 0.15) is 4.88 Å². The van der Waals surface area contributed by atoms with E-state index in [0.717, 1.165) is 37.0 Å². The van der Waals surface area contributed by atoms with E-state index in [4.69, 9.17) is 11.6 Å². The Bertz CT molecular complexity index is 960. The summed E-state index contributed by atoms with van der Waals surface area (Å²) in [4.78, 5) is 16.8. The van der Waals surface area contributed by atoms with E-state index in [1.165, 1.54) is 10.3 Å². The van der Waals surface area contributed by atoms with Crippen LogP contribution >= 0.6 is 34.3 Å². The minimum absolute atomic E-state index is 0.0465. The number of hydrogen-bond donors (Lipinski definition) is 1. The first-order valence-corrected chi connectivity index (χ1v) is 13.8. The number of rotatable bonds is 7. The second kappa shape index (κ2) is 9.69. The Morgan fingerprint density at radius 3 is 2.40 bits per heavy atom. The lowest BCUT2D eigenvalue weighted by Gasteiger charge is -2.37. The Labute approximate surface area is 192 Å². The molecule has 0 aliphatic heterocycles. The maximum absolute atomic E-state index is 12.8. The molecule has 1 aliphatic carbocycles. The molecule has 2 aromatic heterocycles. The quantitative estimate of drug-likeness (QED) is 0.579. The van der Waals surface area contributed by atoms with Gasteiger partial charge in [-0.15, -0.1) is 22.7 Å². The van der Waals surface area contributed by atoms with Gasteiger partial charge in [0.25, 0.3) is 5.91 Å².